The second-order valence-electron chi connectivity index (χ2n) is 1.72. The first-order valence-corrected chi connectivity index (χ1v) is 3.55. The molecule has 0 saturated carbocycles. The van der Waals surface area contributed by atoms with Gasteiger partial charge in [-0.1, -0.05) is 34.8 Å². The first kappa shape index (κ1) is 9.57. The Morgan fingerprint density at radius 2 is 1.89 bits per heavy atom. The number of halogens is 3. The zero-order chi connectivity index (χ0) is 7.44. The van der Waals surface area contributed by atoms with Gasteiger partial charge in [-0.25, -0.2) is 0 Å². The Hall–Kier alpha value is 0.570. The molecule has 0 rings (SSSR count). The molecule has 0 aromatic rings. The van der Waals surface area contributed by atoms with Gasteiger partial charge < -0.3 is 5.11 Å². The molecule has 9 heavy (non-hydrogen) atoms. The third-order valence-corrected chi connectivity index (χ3v) is 1.67. The lowest BCUT2D eigenvalue weighted by Gasteiger charge is -2.00. The lowest BCUT2D eigenvalue weighted by atomic mass is 10.3. The van der Waals surface area contributed by atoms with Gasteiger partial charge in [0.15, 0.2) is 0 Å². The lowest BCUT2D eigenvalue weighted by Crippen LogP contribution is -1.98. The quantitative estimate of drug-likeness (QED) is 0.708. The standard InChI is InChI=1S/C5H7Cl3O/c1-3(9)2-4(6)5(7)8/h3,9H,2H2,1H3. The molecule has 1 nitrogen and oxygen atoms in total. The van der Waals surface area contributed by atoms with E-state index in [0.717, 1.165) is 0 Å². The minimum absolute atomic E-state index is 0.0255. The van der Waals surface area contributed by atoms with Crippen LogP contribution in [0.1, 0.15) is 13.3 Å². The van der Waals surface area contributed by atoms with Gasteiger partial charge in [-0.3, -0.25) is 0 Å². The van der Waals surface area contributed by atoms with E-state index in [1.807, 2.05) is 0 Å². The van der Waals surface area contributed by atoms with Crippen LogP contribution >= 0.6 is 34.8 Å². The van der Waals surface area contributed by atoms with Crippen LogP contribution in [0.25, 0.3) is 0 Å². The Labute approximate surface area is 69.2 Å². The Bertz CT molecular complexity index is 115. The van der Waals surface area contributed by atoms with E-state index < -0.39 is 6.10 Å². The smallest absolute Gasteiger partial charge is 0.121 e. The number of rotatable bonds is 2. The van der Waals surface area contributed by atoms with Crippen LogP contribution in [0, 0.1) is 0 Å². The number of aliphatic hydroxyl groups excluding tert-OH is 1. The summed E-state index contributed by atoms with van der Waals surface area (Å²) >= 11 is 16.0. The molecular weight excluding hydrogens is 182 g/mol. The number of aliphatic hydroxyl groups is 1. The van der Waals surface area contributed by atoms with E-state index in [9.17, 15) is 0 Å². The molecule has 0 fully saturated rings. The Balaban J connectivity index is 3.77. The summed E-state index contributed by atoms with van der Waals surface area (Å²) in [6.45, 7) is 1.61. The maximum absolute atomic E-state index is 8.74. The van der Waals surface area contributed by atoms with Crippen LogP contribution in [0.4, 0.5) is 0 Å². The van der Waals surface area contributed by atoms with Crippen molar-refractivity contribution >= 4 is 34.8 Å². The summed E-state index contributed by atoms with van der Waals surface area (Å²) in [4.78, 5) is 0. The van der Waals surface area contributed by atoms with Crippen molar-refractivity contribution in [1.29, 1.82) is 0 Å². The number of hydrogen-bond donors (Lipinski definition) is 1. The monoisotopic (exact) mass is 188 g/mol. The van der Waals surface area contributed by atoms with Gasteiger partial charge in [0.25, 0.3) is 0 Å². The predicted molar refractivity (Wildman–Crippen MR) is 40.9 cm³/mol. The zero-order valence-corrected chi connectivity index (χ0v) is 7.13. The van der Waals surface area contributed by atoms with Gasteiger partial charge in [-0.15, -0.1) is 0 Å². The van der Waals surface area contributed by atoms with Crippen LogP contribution < -0.4 is 0 Å². The molecule has 0 aromatic heterocycles. The van der Waals surface area contributed by atoms with Crippen LogP contribution in [0.15, 0.2) is 9.52 Å². The number of hydrogen-bond acceptors (Lipinski definition) is 1. The summed E-state index contributed by atoms with van der Waals surface area (Å²) in [5.41, 5.74) is 0. The first-order valence-electron chi connectivity index (χ1n) is 2.41. The maximum Gasteiger partial charge on any atom is 0.121 e. The normalized spacial score (nSPS) is 13.0. The lowest BCUT2D eigenvalue weighted by molar-refractivity contribution is 0.197. The van der Waals surface area contributed by atoms with Gasteiger partial charge in [0, 0.05) is 6.42 Å². The summed E-state index contributed by atoms with van der Waals surface area (Å²) in [6.07, 6.45) is -0.186. The minimum Gasteiger partial charge on any atom is -0.393 e. The summed E-state index contributed by atoms with van der Waals surface area (Å²) < 4.78 is 0.0255. The van der Waals surface area contributed by atoms with Crippen molar-refractivity contribution in [3.05, 3.63) is 9.52 Å². The van der Waals surface area contributed by atoms with Crippen molar-refractivity contribution in [2.75, 3.05) is 0 Å². The second-order valence-corrected chi connectivity index (χ2v) is 3.12. The van der Waals surface area contributed by atoms with Crippen molar-refractivity contribution in [3.63, 3.8) is 0 Å². The largest absolute Gasteiger partial charge is 0.393 e. The van der Waals surface area contributed by atoms with Crippen molar-refractivity contribution in [1.82, 2.24) is 0 Å². The molecule has 0 amide bonds. The highest BCUT2D eigenvalue weighted by atomic mass is 35.5. The van der Waals surface area contributed by atoms with E-state index in [4.69, 9.17) is 39.9 Å². The highest BCUT2D eigenvalue weighted by Crippen LogP contribution is 2.21. The van der Waals surface area contributed by atoms with E-state index in [1.54, 1.807) is 6.92 Å². The average molecular weight is 189 g/mol. The summed E-state index contributed by atoms with van der Waals surface area (Å²) in [7, 11) is 0. The first-order chi connectivity index (χ1) is 4.04. The van der Waals surface area contributed by atoms with Gasteiger partial charge in [0.1, 0.15) is 4.49 Å². The molecule has 0 aliphatic carbocycles. The van der Waals surface area contributed by atoms with Gasteiger partial charge in [0.05, 0.1) is 11.1 Å². The van der Waals surface area contributed by atoms with E-state index in [1.165, 1.54) is 0 Å². The van der Waals surface area contributed by atoms with Crippen molar-refractivity contribution in [3.8, 4) is 0 Å². The van der Waals surface area contributed by atoms with Crippen LogP contribution in [-0.4, -0.2) is 11.2 Å². The van der Waals surface area contributed by atoms with Crippen molar-refractivity contribution < 1.29 is 5.11 Å². The molecule has 0 heterocycles. The molecule has 0 aliphatic rings. The summed E-state index contributed by atoms with van der Waals surface area (Å²) in [5, 5.41) is 9.04. The van der Waals surface area contributed by atoms with Crippen molar-refractivity contribution in [2.45, 2.75) is 19.4 Å². The molecule has 1 N–H and O–H groups in total. The molecule has 0 bridgehead atoms. The second kappa shape index (κ2) is 4.40. The molecule has 0 aliphatic heterocycles. The Kier molecular flexibility index (Phi) is 4.67. The van der Waals surface area contributed by atoms with Gasteiger partial charge in [0.2, 0.25) is 0 Å². The van der Waals surface area contributed by atoms with Crippen LogP contribution in [-0.2, 0) is 0 Å². The van der Waals surface area contributed by atoms with Gasteiger partial charge in [-0.2, -0.15) is 0 Å². The summed E-state index contributed by atoms with van der Waals surface area (Å²) in [5.74, 6) is 0. The minimum atomic E-state index is -0.495. The molecule has 1 atom stereocenters. The zero-order valence-electron chi connectivity index (χ0n) is 4.87. The molecule has 0 spiro atoms. The van der Waals surface area contributed by atoms with Crippen LogP contribution in [0.5, 0.6) is 0 Å². The molecule has 0 aromatic carbocycles. The van der Waals surface area contributed by atoms with Crippen LogP contribution in [0.2, 0.25) is 0 Å². The van der Waals surface area contributed by atoms with Crippen LogP contribution in [0.3, 0.4) is 0 Å². The molecule has 1 unspecified atom stereocenters. The average Bonchev–Trinajstić information content (AvgIpc) is 1.63. The van der Waals surface area contributed by atoms with Crippen molar-refractivity contribution in [2.24, 2.45) is 0 Å². The molecule has 0 radical (unpaired) electrons. The third kappa shape index (κ3) is 5.04. The topological polar surface area (TPSA) is 20.2 Å². The van der Waals surface area contributed by atoms with E-state index in [2.05, 4.69) is 0 Å². The third-order valence-electron chi connectivity index (χ3n) is 0.680. The SMILES string of the molecule is CC(O)CC(Cl)=C(Cl)Cl. The highest BCUT2D eigenvalue weighted by Gasteiger charge is 2.02. The fraction of sp³-hybridized carbons (Fsp3) is 0.600. The van der Waals surface area contributed by atoms with Gasteiger partial charge >= 0.3 is 0 Å². The molecule has 54 valence electrons. The Morgan fingerprint density at radius 1 is 1.44 bits per heavy atom. The van der Waals surface area contributed by atoms with E-state index >= 15 is 0 Å². The van der Waals surface area contributed by atoms with E-state index in [0.29, 0.717) is 11.5 Å². The fourth-order valence-corrected chi connectivity index (χ4v) is 0.714. The molecule has 4 heteroatoms. The van der Waals surface area contributed by atoms with E-state index in [-0.39, 0.29) is 4.49 Å². The summed E-state index contributed by atoms with van der Waals surface area (Å²) in [6, 6.07) is 0. The molecular formula is C5H7Cl3O. The Morgan fingerprint density at radius 3 is 2.00 bits per heavy atom. The maximum atomic E-state index is 8.74. The predicted octanol–water partition coefficient (Wildman–Crippen LogP) is 2.64. The highest BCUT2D eigenvalue weighted by molar-refractivity contribution is 6.59. The fourth-order valence-electron chi connectivity index (χ4n) is 0.337. The van der Waals surface area contributed by atoms with Gasteiger partial charge in [-0.05, 0) is 6.92 Å². The molecule has 0 saturated heterocycles.